The van der Waals surface area contributed by atoms with Crippen molar-refractivity contribution in [3.8, 4) is 0 Å². The van der Waals surface area contributed by atoms with E-state index >= 15 is 0 Å². The Labute approximate surface area is 160 Å². The Hall–Kier alpha value is -3.56. The number of nitro groups is 1. The number of aromatic nitrogens is 4. The molecular formula is C18H19N7O3. The predicted molar refractivity (Wildman–Crippen MR) is 104 cm³/mol. The third-order valence-electron chi connectivity index (χ3n) is 4.92. The summed E-state index contributed by atoms with van der Waals surface area (Å²) in [6.07, 6.45) is 0. The van der Waals surface area contributed by atoms with Crippen LogP contribution in [0, 0.1) is 24.0 Å². The number of hydrogen-bond acceptors (Lipinski definition) is 7. The summed E-state index contributed by atoms with van der Waals surface area (Å²) < 4.78 is 1.38. The number of para-hydroxylation sites is 2. The zero-order valence-electron chi connectivity index (χ0n) is 15.8. The molecule has 0 saturated carbocycles. The van der Waals surface area contributed by atoms with Gasteiger partial charge in [-0.3, -0.25) is 24.5 Å². The lowest BCUT2D eigenvalue weighted by molar-refractivity contribution is -0.386. The molecule has 4 rings (SSSR count). The number of fused-ring (bicyclic) bond motifs is 2. The van der Waals surface area contributed by atoms with E-state index in [1.807, 2.05) is 36.2 Å². The third-order valence-corrected chi connectivity index (χ3v) is 4.92. The van der Waals surface area contributed by atoms with Gasteiger partial charge in [0.1, 0.15) is 17.9 Å². The van der Waals surface area contributed by atoms with Gasteiger partial charge in [-0.2, -0.15) is 5.10 Å². The standard InChI is InChI=1S/C18H19N7O3/c1-11-16(25(27)28)12(2)24(21-11)10-15(26)23-9-8-22(3)17-18(23)20-14-7-5-4-6-13(14)19-17/h4-7H,8-10H2,1-3H3. The van der Waals surface area contributed by atoms with Crippen LogP contribution in [0.25, 0.3) is 11.0 Å². The van der Waals surface area contributed by atoms with Gasteiger partial charge in [0.2, 0.25) is 5.91 Å². The molecule has 0 N–H and O–H groups in total. The van der Waals surface area contributed by atoms with Crippen molar-refractivity contribution in [2.24, 2.45) is 0 Å². The SMILES string of the molecule is Cc1nn(CC(=O)N2CCN(C)c3nc4ccccc4nc32)c(C)c1[N+](=O)[O-]. The first-order valence-corrected chi connectivity index (χ1v) is 8.83. The van der Waals surface area contributed by atoms with E-state index in [-0.39, 0.29) is 18.1 Å². The number of aryl methyl sites for hydroxylation is 1. The summed E-state index contributed by atoms with van der Waals surface area (Å²) in [5, 5.41) is 15.4. The number of amides is 1. The van der Waals surface area contributed by atoms with Gasteiger partial charge >= 0.3 is 5.69 Å². The van der Waals surface area contributed by atoms with E-state index in [4.69, 9.17) is 0 Å². The number of benzene rings is 1. The number of carbonyl (C=O) groups excluding carboxylic acids is 1. The van der Waals surface area contributed by atoms with E-state index < -0.39 is 4.92 Å². The van der Waals surface area contributed by atoms with E-state index in [9.17, 15) is 14.9 Å². The van der Waals surface area contributed by atoms with Crippen molar-refractivity contribution < 1.29 is 9.72 Å². The van der Waals surface area contributed by atoms with Crippen LogP contribution >= 0.6 is 0 Å². The summed E-state index contributed by atoms with van der Waals surface area (Å²) in [5.41, 5.74) is 2.06. The van der Waals surface area contributed by atoms with Crippen molar-refractivity contribution in [3.63, 3.8) is 0 Å². The predicted octanol–water partition coefficient (Wildman–Crippen LogP) is 1.83. The number of hydrogen-bond donors (Lipinski definition) is 0. The van der Waals surface area contributed by atoms with Gasteiger partial charge in [-0.25, -0.2) is 9.97 Å². The summed E-state index contributed by atoms with van der Waals surface area (Å²) in [5.74, 6) is 0.894. The van der Waals surface area contributed by atoms with Gasteiger partial charge in [0.05, 0.1) is 16.0 Å². The van der Waals surface area contributed by atoms with Gasteiger partial charge in [-0.15, -0.1) is 0 Å². The zero-order valence-corrected chi connectivity index (χ0v) is 15.8. The van der Waals surface area contributed by atoms with E-state index in [0.717, 1.165) is 5.52 Å². The first-order chi connectivity index (χ1) is 13.4. The Kier molecular flexibility index (Phi) is 4.17. The first-order valence-electron chi connectivity index (χ1n) is 8.83. The fraction of sp³-hybridized carbons (Fsp3) is 0.333. The Morgan fingerprint density at radius 1 is 1.14 bits per heavy atom. The maximum absolute atomic E-state index is 13.0. The zero-order chi connectivity index (χ0) is 20.0. The molecule has 1 aromatic carbocycles. The molecule has 1 aliphatic heterocycles. The van der Waals surface area contributed by atoms with Gasteiger partial charge in [-0.1, -0.05) is 12.1 Å². The molecule has 0 unspecified atom stereocenters. The molecular weight excluding hydrogens is 362 g/mol. The molecule has 0 saturated heterocycles. The summed E-state index contributed by atoms with van der Waals surface area (Å²) in [6, 6.07) is 7.50. The van der Waals surface area contributed by atoms with Crippen LogP contribution in [0.2, 0.25) is 0 Å². The Balaban J connectivity index is 1.70. The number of anilines is 2. The second kappa shape index (κ2) is 6.55. The van der Waals surface area contributed by atoms with Crippen LogP contribution in [0.3, 0.4) is 0 Å². The highest BCUT2D eigenvalue weighted by Gasteiger charge is 2.30. The monoisotopic (exact) mass is 381 g/mol. The van der Waals surface area contributed by atoms with Crippen LogP contribution < -0.4 is 9.80 Å². The highest BCUT2D eigenvalue weighted by molar-refractivity contribution is 5.97. The second-order valence-corrected chi connectivity index (χ2v) is 6.76. The lowest BCUT2D eigenvalue weighted by Gasteiger charge is -2.33. The summed E-state index contributed by atoms with van der Waals surface area (Å²) in [4.78, 5) is 36.6. The van der Waals surface area contributed by atoms with Gasteiger partial charge < -0.3 is 4.90 Å². The van der Waals surface area contributed by atoms with Crippen molar-refractivity contribution in [3.05, 3.63) is 45.8 Å². The molecule has 144 valence electrons. The number of rotatable bonds is 3. The summed E-state index contributed by atoms with van der Waals surface area (Å²) in [6.45, 7) is 4.13. The molecule has 0 bridgehead atoms. The lowest BCUT2D eigenvalue weighted by atomic mass is 10.2. The van der Waals surface area contributed by atoms with Gasteiger partial charge in [0.25, 0.3) is 0 Å². The Morgan fingerprint density at radius 2 is 1.79 bits per heavy atom. The highest BCUT2D eigenvalue weighted by atomic mass is 16.6. The second-order valence-electron chi connectivity index (χ2n) is 6.76. The van der Waals surface area contributed by atoms with Crippen molar-refractivity contribution in [2.75, 3.05) is 29.9 Å². The highest BCUT2D eigenvalue weighted by Crippen LogP contribution is 2.31. The largest absolute Gasteiger partial charge is 0.355 e. The van der Waals surface area contributed by atoms with Crippen molar-refractivity contribution in [2.45, 2.75) is 20.4 Å². The van der Waals surface area contributed by atoms with Crippen molar-refractivity contribution in [1.29, 1.82) is 0 Å². The molecule has 1 aliphatic rings. The van der Waals surface area contributed by atoms with Crippen LogP contribution in [0.4, 0.5) is 17.3 Å². The van der Waals surface area contributed by atoms with Crippen LogP contribution in [-0.2, 0) is 11.3 Å². The van der Waals surface area contributed by atoms with Crippen LogP contribution in [0.15, 0.2) is 24.3 Å². The lowest BCUT2D eigenvalue weighted by Crippen LogP contribution is -2.45. The van der Waals surface area contributed by atoms with Gasteiger partial charge in [-0.05, 0) is 26.0 Å². The molecule has 0 radical (unpaired) electrons. The number of carbonyl (C=O) groups is 1. The van der Waals surface area contributed by atoms with Gasteiger partial charge in [0, 0.05) is 20.1 Å². The third kappa shape index (κ3) is 2.82. The number of likely N-dealkylation sites (N-methyl/N-ethyl adjacent to an activating group) is 1. The molecule has 2 aromatic heterocycles. The maximum Gasteiger partial charge on any atom is 0.312 e. The molecule has 0 spiro atoms. The Morgan fingerprint density at radius 3 is 2.39 bits per heavy atom. The molecule has 10 nitrogen and oxygen atoms in total. The molecule has 0 atom stereocenters. The average molecular weight is 381 g/mol. The molecule has 3 aromatic rings. The van der Waals surface area contributed by atoms with Crippen molar-refractivity contribution in [1.82, 2.24) is 19.7 Å². The quantitative estimate of drug-likeness (QED) is 0.503. The summed E-state index contributed by atoms with van der Waals surface area (Å²) in [7, 11) is 1.91. The minimum absolute atomic E-state index is 0.0580. The van der Waals surface area contributed by atoms with Crippen LogP contribution in [-0.4, -0.2) is 50.7 Å². The molecule has 28 heavy (non-hydrogen) atoms. The summed E-state index contributed by atoms with van der Waals surface area (Å²) >= 11 is 0. The Bertz CT molecular complexity index is 1110. The fourth-order valence-corrected chi connectivity index (χ4v) is 3.44. The van der Waals surface area contributed by atoms with E-state index in [1.165, 1.54) is 4.68 Å². The molecule has 0 fully saturated rings. The normalized spacial score (nSPS) is 13.7. The van der Waals surface area contributed by atoms with E-state index in [1.54, 1.807) is 18.7 Å². The van der Waals surface area contributed by atoms with E-state index in [0.29, 0.717) is 41.6 Å². The van der Waals surface area contributed by atoms with Gasteiger partial charge in [0.15, 0.2) is 11.6 Å². The average Bonchev–Trinajstić information content (AvgIpc) is 2.94. The van der Waals surface area contributed by atoms with E-state index in [2.05, 4.69) is 15.1 Å². The van der Waals surface area contributed by atoms with Crippen LogP contribution in [0.5, 0.6) is 0 Å². The minimum atomic E-state index is -0.471. The maximum atomic E-state index is 13.0. The topological polar surface area (TPSA) is 110 Å². The molecule has 1 amide bonds. The number of nitrogens with zero attached hydrogens (tertiary/aromatic N) is 7. The fourth-order valence-electron chi connectivity index (χ4n) is 3.44. The molecule has 0 aliphatic carbocycles. The first kappa shape index (κ1) is 17.8. The smallest absolute Gasteiger partial charge is 0.312 e. The minimum Gasteiger partial charge on any atom is -0.355 e. The van der Waals surface area contributed by atoms with Crippen molar-refractivity contribution >= 4 is 34.3 Å². The van der Waals surface area contributed by atoms with Crippen LogP contribution in [0.1, 0.15) is 11.4 Å². The molecule has 3 heterocycles. The molecule has 10 heteroatoms.